The number of aliphatic hydroxyl groups excluding tert-OH is 1. The molecule has 0 saturated heterocycles. The molecule has 1 aliphatic heterocycles. The number of nitrogens with zero attached hydrogens (tertiary/aromatic N) is 1. The highest BCUT2D eigenvalue weighted by Gasteiger charge is 2.26. The second-order valence-corrected chi connectivity index (χ2v) is 5.73. The first-order valence-electron chi connectivity index (χ1n) is 7.49. The smallest absolute Gasteiger partial charge is 0.142 e. The number of para-hydroxylation sites is 2. The van der Waals surface area contributed by atoms with Crippen LogP contribution in [0, 0.1) is 5.92 Å². The molecule has 1 N–H and O–H groups in total. The van der Waals surface area contributed by atoms with Crippen molar-refractivity contribution < 1.29 is 9.84 Å². The number of fused-ring (bicyclic) bond motifs is 1. The first-order valence-corrected chi connectivity index (χ1v) is 7.49. The molecule has 1 fully saturated rings. The molecule has 2 atom stereocenters. The maximum atomic E-state index is 10.2. The minimum atomic E-state index is -0.120. The van der Waals surface area contributed by atoms with Crippen molar-refractivity contribution >= 4 is 5.69 Å². The zero-order chi connectivity index (χ0) is 13.1. The van der Waals surface area contributed by atoms with E-state index in [-0.39, 0.29) is 6.10 Å². The van der Waals surface area contributed by atoms with Crippen LogP contribution in [0.1, 0.15) is 32.1 Å². The monoisotopic (exact) mass is 261 g/mol. The van der Waals surface area contributed by atoms with Crippen LogP contribution >= 0.6 is 0 Å². The zero-order valence-electron chi connectivity index (χ0n) is 11.4. The van der Waals surface area contributed by atoms with Crippen molar-refractivity contribution in [3.63, 3.8) is 0 Å². The van der Waals surface area contributed by atoms with E-state index >= 15 is 0 Å². The fourth-order valence-corrected chi connectivity index (χ4v) is 3.27. The van der Waals surface area contributed by atoms with Crippen molar-refractivity contribution in [3.8, 4) is 5.75 Å². The molecule has 1 aromatic rings. The molecule has 3 rings (SSSR count). The van der Waals surface area contributed by atoms with E-state index in [1.807, 2.05) is 12.1 Å². The molecule has 1 aromatic carbocycles. The summed E-state index contributed by atoms with van der Waals surface area (Å²) in [5, 5.41) is 10.2. The van der Waals surface area contributed by atoms with Gasteiger partial charge in [0.25, 0.3) is 0 Å². The Morgan fingerprint density at radius 1 is 1.16 bits per heavy atom. The van der Waals surface area contributed by atoms with Crippen LogP contribution in [0.2, 0.25) is 0 Å². The van der Waals surface area contributed by atoms with E-state index in [0.29, 0.717) is 5.92 Å². The molecule has 2 aliphatic rings. The fraction of sp³-hybridized carbons (Fsp3) is 0.625. The molecule has 0 amide bonds. The summed E-state index contributed by atoms with van der Waals surface area (Å²) in [7, 11) is 0. The predicted molar refractivity (Wildman–Crippen MR) is 76.7 cm³/mol. The largest absolute Gasteiger partial charge is 0.491 e. The number of benzene rings is 1. The third-order valence-electron chi connectivity index (χ3n) is 4.36. The minimum absolute atomic E-state index is 0.120. The molecule has 0 spiro atoms. The van der Waals surface area contributed by atoms with Gasteiger partial charge in [0.1, 0.15) is 5.75 Å². The van der Waals surface area contributed by atoms with Crippen LogP contribution in [0.15, 0.2) is 24.3 Å². The third-order valence-corrected chi connectivity index (χ3v) is 4.36. The molecule has 0 radical (unpaired) electrons. The van der Waals surface area contributed by atoms with Crippen molar-refractivity contribution in [2.45, 2.75) is 38.2 Å². The minimum Gasteiger partial charge on any atom is -0.491 e. The highest BCUT2D eigenvalue weighted by atomic mass is 16.5. The van der Waals surface area contributed by atoms with Gasteiger partial charge < -0.3 is 14.7 Å². The fourth-order valence-electron chi connectivity index (χ4n) is 3.27. The second-order valence-electron chi connectivity index (χ2n) is 5.73. The van der Waals surface area contributed by atoms with Gasteiger partial charge in [-0.25, -0.2) is 0 Å². The van der Waals surface area contributed by atoms with Gasteiger partial charge in [-0.05, 0) is 31.4 Å². The maximum Gasteiger partial charge on any atom is 0.142 e. The number of anilines is 1. The lowest BCUT2D eigenvalue weighted by Gasteiger charge is -2.33. The van der Waals surface area contributed by atoms with Crippen LogP contribution < -0.4 is 9.64 Å². The topological polar surface area (TPSA) is 32.7 Å². The molecular weight excluding hydrogens is 238 g/mol. The summed E-state index contributed by atoms with van der Waals surface area (Å²) >= 11 is 0. The van der Waals surface area contributed by atoms with Crippen molar-refractivity contribution in [1.29, 1.82) is 0 Å². The molecule has 0 aromatic heterocycles. The SMILES string of the molecule is OC1CCCCC1CN1CCCOc2ccccc21. The Bertz CT molecular complexity index is 421. The average Bonchev–Trinajstić information content (AvgIpc) is 2.64. The van der Waals surface area contributed by atoms with Crippen LogP contribution in [0.4, 0.5) is 5.69 Å². The molecule has 3 heteroatoms. The maximum absolute atomic E-state index is 10.2. The van der Waals surface area contributed by atoms with E-state index in [2.05, 4.69) is 17.0 Å². The Kier molecular flexibility index (Phi) is 3.92. The Balaban J connectivity index is 1.76. The van der Waals surface area contributed by atoms with Crippen molar-refractivity contribution in [3.05, 3.63) is 24.3 Å². The summed E-state index contributed by atoms with van der Waals surface area (Å²) in [4.78, 5) is 2.40. The van der Waals surface area contributed by atoms with Gasteiger partial charge in [-0.3, -0.25) is 0 Å². The number of ether oxygens (including phenoxy) is 1. The summed E-state index contributed by atoms with van der Waals surface area (Å²) in [6.45, 7) is 2.78. The zero-order valence-corrected chi connectivity index (χ0v) is 11.4. The standard InChI is InChI=1S/C16H23NO2/c18-15-8-3-1-6-13(15)12-17-10-5-11-19-16-9-4-2-7-14(16)17/h2,4,7,9,13,15,18H,1,3,5-6,8,10-12H2. The van der Waals surface area contributed by atoms with E-state index in [1.165, 1.54) is 18.5 Å². The van der Waals surface area contributed by atoms with E-state index in [1.54, 1.807) is 0 Å². The number of hydrogen-bond donors (Lipinski definition) is 1. The van der Waals surface area contributed by atoms with Gasteiger partial charge in [0.05, 0.1) is 18.4 Å². The lowest BCUT2D eigenvalue weighted by atomic mass is 9.86. The predicted octanol–water partition coefficient (Wildman–Crippen LogP) is 2.83. The van der Waals surface area contributed by atoms with Crippen LogP contribution in [0.25, 0.3) is 0 Å². The van der Waals surface area contributed by atoms with E-state index in [0.717, 1.165) is 44.7 Å². The lowest BCUT2D eigenvalue weighted by molar-refractivity contribution is 0.0731. The van der Waals surface area contributed by atoms with Gasteiger partial charge in [-0.2, -0.15) is 0 Å². The van der Waals surface area contributed by atoms with Gasteiger partial charge in [-0.15, -0.1) is 0 Å². The van der Waals surface area contributed by atoms with Gasteiger partial charge in [0.2, 0.25) is 0 Å². The first kappa shape index (κ1) is 12.8. The van der Waals surface area contributed by atoms with Crippen molar-refractivity contribution in [2.75, 3.05) is 24.6 Å². The molecule has 3 nitrogen and oxygen atoms in total. The van der Waals surface area contributed by atoms with Crippen LogP contribution in [-0.4, -0.2) is 30.9 Å². The van der Waals surface area contributed by atoms with Gasteiger partial charge in [0.15, 0.2) is 0 Å². The molecule has 1 heterocycles. The summed E-state index contributed by atoms with van der Waals surface area (Å²) in [6, 6.07) is 8.27. The van der Waals surface area contributed by atoms with Crippen molar-refractivity contribution in [1.82, 2.24) is 0 Å². The van der Waals surface area contributed by atoms with E-state index in [4.69, 9.17) is 4.74 Å². The van der Waals surface area contributed by atoms with Crippen LogP contribution in [-0.2, 0) is 0 Å². The Morgan fingerprint density at radius 3 is 2.89 bits per heavy atom. The van der Waals surface area contributed by atoms with Gasteiger partial charge >= 0.3 is 0 Å². The summed E-state index contributed by atoms with van der Waals surface area (Å²) in [5.74, 6) is 1.41. The van der Waals surface area contributed by atoms with E-state index in [9.17, 15) is 5.11 Å². The molecule has 2 unspecified atom stereocenters. The Hall–Kier alpha value is -1.22. The second kappa shape index (κ2) is 5.83. The summed E-state index contributed by atoms with van der Waals surface area (Å²) in [5.41, 5.74) is 1.19. The molecule has 104 valence electrons. The highest BCUT2D eigenvalue weighted by molar-refractivity contribution is 5.59. The Morgan fingerprint density at radius 2 is 2.00 bits per heavy atom. The molecular formula is C16H23NO2. The van der Waals surface area contributed by atoms with Crippen molar-refractivity contribution in [2.24, 2.45) is 5.92 Å². The van der Waals surface area contributed by atoms with Crippen LogP contribution in [0.5, 0.6) is 5.75 Å². The number of aliphatic hydroxyl groups is 1. The molecule has 1 aliphatic carbocycles. The summed E-state index contributed by atoms with van der Waals surface area (Å²) in [6.07, 6.45) is 5.49. The molecule has 0 bridgehead atoms. The average molecular weight is 261 g/mol. The van der Waals surface area contributed by atoms with Gasteiger partial charge in [-0.1, -0.05) is 25.0 Å². The van der Waals surface area contributed by atoms with E-state index < -0.39 is 0 Å². The highest BCUT2D eigenvalue weighted by Crippen LogP contribution is 2.33. The first-order chi connectivity index (χ1) is 9.34. The van der Waals surface area contributed by atoms with Gasteiger partial charge in [0, 0.05) is 19.0 Å². The number of hydrogen-bond acceptors (Lipinski definition) is 3. The molecule has 19 heavy (non-hydrogen) atoms. The molecule has 1 saturated carbocycles. The third kappa shape index (κ3) is 2.86. The number of rotatable bonds is 2. The normalized spacial score (nSPS) is 27.3. The summed E-state index contributed by atoms with van der Waals surface area (Å²) < 4.78 is 5.79. The Labute approximate surface area is 115 Å². The van der Waals surface area contributed by atoms with Crippen LogP contribution in [0.3, 0.4) is 0 Å². The lowest BCUT2D eigenvalue weighted by Crippen LogP contribution is -2.37. The quantitative estimate of drug-likeness (QED) is 0.888.